The van der Waals surface area contributed by atoms with Crippen molar-refractivity contribution in [1.29, 1.82) is 0 Å². The molecule has 1 N–H and O–H groups in total. The van der Waals surface area contributed by atoms with Gasteiger partial charge in [0.1, 0.15) is 6.54 Å². The molecular weight excluding hydrogens is 292 g/mol. The molecule has 0 atom stereocenters. The molecule has 2 aliphatic heterocycles. The van der Waals surface area contributed by atoms with Gasteiger partial charge in [-0.25, -0.2) is 0 Å². The van der Waals surface area contributed by atoms with Gasteiger partial charge in [0.25, 0.3) is 0 Å². The number of rotatable bonds is 3. The number of nitrogens with zero attached hydrogens (tertiary/aromatic N) is 1. The van der Waals surface area contributed by atoms with E-state index in [2.05, 4.69) is 5.32 Å². The van der Waals surface area contributed by atoms with Gasteiger partial charge in [0.05, 0.1) is 24.8 Å². The fourth-order valence-electron chi connectivity index (χ4n) is 2.16. The highest BCUT2D eigenvalue weighted by molar-refractivity contribution is 8.00. The molecule has 2 aliphatic rings. The summed E-state index contributed by atoms with van der Waals surface area (Å²) in [5.41, 5.74) is 0.642. The van der Waals surface area contributed by atoms with E-state index in [1.54, 1.807) is 23.1 Å². The van der Waals surface area contributed by atoms with Gasteiger partial charge in [0.15, 0.2) is 11.5 Å². The number of carbonyl (C=O) groups excluding carboxylic acids is 2. The normalized spacial score (nSPS) is 17.5. The summed E-state index contributed by atoms with van der Waals surface area (Å²) in [7, 11) is 0. The van der Waals surface area contributed by atoms with E-state index in [0.29, 0.717) is 42.0 Å². The van der Waals surface area contributed by atoms with Gasteiger partial charge in [-0.2, -0.15) is 0 Å². The third-order valence-electron chi connectivity index (χ3n) is 3.19. The fourth-order valence-corrected chi connectivity index (χ4v) is 3.06. The average molecular weight is 308 g/mol. The van der Waals surface area contributed by atoms with E-state index in [1.807, 2.05) is 0 Å². The molecule has 0 bridgehead atoms. The number of hydrogen-bond acceptors (Lipinski definition) is 5. The lowest BCUT2D eigenvalue weighted by molar-refractivity contribution is -0.130. The number of fused-ring (bicyclic) bond motifs is 1. The number of amides is 2. The minimum atomic E-state index is -0.208. The molecule has 1 fully saturated rings. The van der Waals surface area contributed by atoms with Crippen molar-refractivity contribution in [2.24, 2.45) is 0 Å². The second-order valence-electron chi connectivity index (χ2n) is 4.83. The zero-order chi connectivity index (χ0) is 14.7. The molecule has 3 rings (SSSR count). The predicted molar refractivity (Wildman–Crippen MR) is 79.7 cm³/mol. The highest BCUT2D eigenvalue weighted by Crippen LogP contribution is 2.32. The van der Waals surface area contributed by atoms with E-state index in [9.17, 15) is 9.59 Å². The summed E-state index contributed by atoms with van der Waals surface area (Å²) in [6.45, 7) is 1.32. The monoisotopic (exact) mass is 308 g/mol. The number of thioether (sulfide) groups is 1. The maximum atomic E-state index is 12.0. The van der Waals surface area contributed by atoms with Crippen LogP contribution >= 0.6 is 11.8 Å². The second kappa shape index (κ2) is 6.26. The van der Waals surface area contributed by atoms with E-state index in [-0.39, 0.29) is 18.4 Å². The van der Waals surface area contributed by atoms with Crippen molar-refractivity contribution in [3.8, 4) is 11.5 Å². The largest absolute Gasteiger partial charge is 0.490 e. The van der Waals surface area contributed by atoms with Crippen LogP contribution in [0, 0.1) is 0 Å². The maximum absolute atomic E-state index is 12.0. The topological polar surface area (TPSA) is 67.9 Å². The van der Waals surface area contributed by atoms with Crippen LogP contribution in [0.3, 0.4) is 0 Å². The molecule has 0 spiro atoms. The molecule has 0 aromatic heterocycles. The first-order valence-electron chi connectivity index (χ1n) is 6.77. The summed E-state index contributed by atoms with van der Waals surface area (Å²) in [5.74, 6) is 2.16. The lowest BCUT2D eigenvalue weighted by Gasteiger charge is -2.15. The lowest BCUT2D eigenvalue weighted by Crippen LogP contribution is -2.34. The van der Waals surface area contributed by atoms with Crippen LogP contribution < -0.4 is 14.8 Å². The second-order valence-corrected chi connectivity index (χ2v) is 5.78. The van der Waals surface area contributed by atoms with Crippen molar-refractivity contribution >= 4 is 29.3 Å². The van der Waals surface area contributed by atoms with Gasteiger partial charge in [0.2, 0.25) is 11.8 Å². The van der Waals surface area contributed by atoms with Crippen LogP contribution in [0.4, 0.5) is 5.69 Å². The third-order valence-corrected chi connectivity index (χ3v) is 4.14. The molecule has 0 aliphatic carbocycles. The first kappa shape index (κ1) is 14.1. The van der Waals surface area contributed by atoms with Gasteiger partial charge >= 0.3 is 0 Å². The summed E-state index contributed by atoms with van der Waals surface area (Å²) < 4.78 is 11.1. The molecule has 7 heteroatoms. The van der Waals surface area contributed by atoms with Crippen LogP contribution in [0.5, 0.6) is 11.5 Å². The Hall–Kier alpha value is -1.89. The molecule has 2 heterocycles. The number of carbonyl (C=O) groups is 2. The Labute approximate surface area is 126 Å². The Balaban J connectivity index is 1.63. The highest BCUT2D eigenvalue weighted by Gasteiger charge is 2.23. The van der Waals surface area contributed by atoms with Crippen LogP contribution in [0.1, 0.15) is 6.42 Å². The Morgan fingerprint density at radius 2 is 2.10 bits per heavy atom. The number of nitrogens with one attached hydrogen (secondary N) is 1. The molecule has 0 radical (unpaired) electrons. The van der Waals surface area contributed by atoms with Crippen molar-refractivity contribution in [2.75, 3.05) is 36.7 Å². The lowest BCUT2D eigenvalue weighted by atomic mass is 10.2. The third kappa shape index (κ3) is 3.41. The fraction of sp³-hybridized carbons (Fsp3) is 0.429. The number of hydrogen-bond donors (Lipinski definition) is 1. The minimum absolute atomic E-state index is 0.00816. The van der Waals surface area contributed by atoms with Crippen LogP contribution in [0.2, 0.25) is 0 Å². The molecule has 112 valence electrons. The Bertz CT molecular complexity index is 564. The molecular formula is C14H16N2O4S. The molecule has 0 unspecified atom stereocenters. The van der Waals surface area contributed by atoms with E-state index in [1.165, 1.54) is 11.8 Å². The van der Waals surface area contributed by atoms with Crippen molar-refractivity contribution in [2.45, 2.75) is 6.42 Å². The molecule has 0 saturated carbocycles. The molecule has 21 heavy (non-hydrogen) atoms. The summed E-state index contributed by atoms with van der Waals surface area (Å²) in [5, 5.41) is 2.78. The molecule has 2 amide bonds. The van der Waals surface area contributed by atoms with Gasteiger partial charge in [0, 0.05) is 18.2 Å². The van der Waals surface area contributed by atoms with Crippen LogP contribution in [-0.2, 0) is 9.59 Å². The maximum Gasteiger partial charge on any atom is 0.244 e. The van der Waals surface area contributed by atoms with Gasteiger partial charge < -0.3 is 19.7 Å². The number of ether oxygens (including phenoxy) is 2. The summed E-state index contributed by atoms with van der Waals surface area (Å²) in [4.78, 5) is 25.0. The molecule has 6 nitrogen and oxygen atoms in total. The standard InChI is InChI=1S/C14H16N2O4S/c17-13(7-16-9-21-8-14(16)18)15-10-2-3-11-12(6-10)20-5-1-4-19-11/h2-3,6H,1,4-5,7-9H2,(H,15,17). The summed E-state index contributed by atoms with van der Waals surface area (Å²) in [6.07, 6.45) is 0.838. The SMILES string of the molecule is O=C(CN1CSCC1=O)Nc1ccc2c(c1)OCCCO2. The van der Waals surface area contributed by atoms with Crippen LogP contribution in [0.25, 0.3) is 0 Å². The smallest absolute Gasteiger partial charge is 0.244 e. The summed E-state index contributed by atoms with van der Waals surface area (Å²) in [6, 6.07) is 5.30. The number of benzene rings is 1. The van der Waals surface area contributed by atoms with E-state index in [4.69, 9.17) is 9.47 Å². The summed E-state index contributed by atoms with van der Waals surface area (Å²) >= 11 is 1.52. The Kier molecular flexibility index (Phi) is 4.19. The first-order valence-corrected chi connectivity index (χ1v) is 7.93. The first-order chi connectivity index (χ1) is 10.2. The van der Waals surface area contributed by atoms with Gasteiger partial charge in [-0.05, 0) is 12.1 Å². The van der Waals surface area contributed by atoms with Crippen molar-refractivity contribution in [3.63, 3.8) is 0 Å². The van der Waals surface area contributed by atoms with E-state index in [0.717, 1.165) is 6.42 Å². The molecule has 1 saturated heterocycles. The average Bonchev–Trinajstić information content (AvgIpc) is 2.74. The number of anilines is 1. The Morgan fingerprint density at radius 3 is 2.86 bits per heavy atom. The van der Waals surface area contributed by atoms with Crippen molar-refractivity contribution < 1.29 is 19.1 Å². The van der Waals surface area contributed by atoms with E-state index >= 15 is 0 Å². The van der Waals surface area contributed by atoms with Gasteiger partial charge in [-0.1, -0.05) is 0 Å². The minimum Gasteiger partial charge on any atom is -0.490 e. The zero-order valence-corrected chi connectivity index (χ0v) is 12.3. The zero-order valence-electron chi connectivity index (χ0n) is 11.5. The van der Waals surface area contributed by atoms with Crippen LogP contribution in [0.15, 0.2) is 18.2 Å². The Morgan fingerprint density at radius 1 is 1.29 bits per heavy atom. The van der Waals surface area contributed by atoms with Crippen molar-refractivity contribution in [1.82, 2.24) is 4.90 Å². The van der Waals surface area contributed by atoms with Gasteiger partial charge in [-0.3, -0.25) is 9.59 Å². The quantitative estimate of drug-likeness (QED) is 0.912. The molecule has 1 aromatic rings. The van der Waals surface area contributed by atoms with E-state index < -0.39 is 0 Å². The molecule has 1 aromatic carbocycles. The predicted octanol–water partition coefficient (Wildman–Crippen LogP) is 1.32. The van der Waals surface area contributed by atoms with Crippen molar-refractivity contribution in [3.05, 3.63) is 18.2 Å². The van der Waals surface area contributed by atoms with Gasteiger partial charge in [-0.15, -0.1) is 11.8 Å². The van der Waals surface area contributed by atoms with Crippen LogP contribution in [-0.4, -0.2) is 48.1 Å². The highest BCUT2D eigenvalue weighted by atomic mass is 32.2.